The number of hydrogen-bond donors (Lipinski definition) is 0. The van der Waals surface area contributed by atoms with E-state index in [9.17, 15) is 9.18 Å². The summed E-state index contributed by atoms with van der Waals surface area (Å²) >= 11 is 0. The Balaban J connectivity index is 2.03. The Morgan fingerprint density at radius 1 is 1.38 bits per heavy atom. The van der Waals surface area contributed by atoms with Gasteiger partial charge in [-0.1, -0.05) is 25.0 Å². The lowest BCUT2D eigenvalue weighted by atomic mass is 10.1. The molecule has 21 heavy (non-hydrogen) atoms. The van der Waals surface area contributed by atoms with Crippen LogP contribution in [0, 0.1) is 11.7 Å². The number of carbonyl (C=O) groups excluding carboxylic acids is 1. The highest BCUT2D eigenvalue weighted by Crippen LogP contribution is 2.28. The molecule has 5 nitrogen and oxygen atoms in total. The van der Waals surface area contributed by atoms with Crippen LogP contribution in [0.2, 0.25) is 0 Å². The number of ether oxygens (including phenoxy) is 1. The van der Waals surface area contributed by atoms with E-state index in [0.717, 1.165) is 25.7 Å². The Hall–Kier alpha value is -2.24. The molecule has 1 aromatic heterocycles. The zero-order valence-electron chi connectivity index (χ0n) is 11.8. The Morgan fingerprint density at radius 2 is 2.14 bits per heavy atom. The minimum absolute atomic E-state index is 0.0382. The third-order valence-electron chi connectivity index (χ3n) is 3.77. The van der Waals surface area contributed by atoms with Gasteiger partial charge in [-0.25, -0.2) is 4.39 Å². The van der Waals surface area contributed by atoms with Gasteiger partial charge in [0.05, 0.1) is 7.11 Å². The standard InChI is InChI=1S/C15H16FN3O2/c1-21-15-17-13(11-7-4-8-12(16)9-11)19(18-15)14(20)10-5-2-3-6-10/h4,7-10H,2-3,5-6H2,1H3. The van der Waals surface area contributed by atoms with Crippen molar-refractivity contribution in [2.45, 2.75) is 25.7 Å². The summed E-state index contributed by atoms with van der Waals surface area (Å²) in [5.41, 5.74) is 0.511. The summed E-state index contributed by atoms with van der Waals surface area (Å²) in [6.07, 6.45) is 3.84. The second-order valence-corrected chi connectivity index (χ2v) is 5.16. The summed E-state index contributed by atoms with van der Waals surface area (Å²) < 4.78 is 19.7. The lowest BCUT2D eigenvalue weighted by Gasteiger charge is -2.09. The van der Waals surface area contributed by atoms with E-state index in [1.165, 1.54) is 23.9 Å². The van der Waals surface area contributed by atoms with E-state index in [2.05, 4.69) is 10.1 Å². The fourth-order valence-electron chi connectivity index (χ4n) is 2.69. The van der Waals surface area contributed by atoms with Crippen molar-refractivity contribution in [2.75, 3.05) is 7.11 Å². The Morgan fingerprint density at radius 3 is 2.81 bits per heavy atom. The van der Waals surface area contributed by atoms with Crippen LogP contribution in [0.5, 0.6) is 6.01 Å². The fourth-order valence-corrected chi connectivity index (χ4v) is 2.69. The van der Waals surface area contributed by atoms with Crippen molar-refractivity contribution in [3.05, 3.63) is 30.1 Å². The smallest absolute Gasteiger partial charge is 0.336 e. The molecule has 1 aromatic carbocycles. The third kappa shape index (κ3) is 2.66. The molecule has 0 bridgehead atoms. The van der Waals surface area contributed by atoms with Crippen molar-refractivity contribution in [2.24, 2.45) is 5.92 Å². The maximum atomic E-state index is 13.4. The average Bonchev–Trinajstić information content (AvgIpc) is 3.16. The predicted molar refractivity (Wildman–Crippen MR) is 74.6 cm³/mol. The normalized spacial score (nSPS) is 15.3. The number of aromatic nitrogens is 3. The van der Waals surface area contributed by atoms with Crippen molar-refractivity contribution in [3.63, 3.8) is 0 Å². The number of methoxy groups -OCH3 is 1. The lowest BCUT2D eigenvalue weighted by molar-refractivity contribution is 0.0820. The molecule has 0 unspecified atom stereocenters. The first kappa shape index (κ1) is 13.7. The molecule has 1 saturated carbocycles. The predicted octanol–water partition coefficient (Wildman–Crippen LogP) is 2.92. The van der Waals surface area contributed by atoms with Gasteiger partial charge in [0, 0.05) is 11.5 Å². The topological polar surface area (TPSA) is 57.0 Å². The summed E-state index contributed by atoms with van der Waals surface area (Å²) in [5, 5.41) is 4.09. The van der Waals surface area contributed by atoms with Crippen LogP contribution < -0.4 is 4.74 Å². The second kappa shape index (κ2) is 5.63. The summed E-state index contributed by atoms with van der Waals surface area (Å²) in [6, 6.07) is 6.07. The van der Waals surface area contributed by atoms with E-state index in [1.807, 2.05) is 0 Å². The Labute approximate surface area is 121 Å². The number of halogens is 1. The lowest BCUT2D eigenvalue weighted by Crippen LogP contribution is -2.21. The quantitative estimate of drug-likeness (QED) is 0.871. The number of hydrogen-bond acceptors (Lipinski definition) is 4. The molecule has 1 heterocycles. The van der Waals surface area contributed by atoms with Gasteiger partial charge in [0.1, 0.15) is 5.82 Å². The average molecular weight is 289 g/mol. The minimum Gasteiger partial charge on any atom is -0.466 e. The van der Waals surface area contributed by atoms with Crippen LogP contribution in [-0.4, -0.2) is 27.8 Å². The second-order valence-electron chi connectivity index (χ2n) is 5.16. The van der Waals surface area contributed by atoms with Crippen LogP contribution in [0.15, 0.2) is 24.3 Å². The monoisotopic (exact) mass is 289 g/mol. The highest BCUT2D eigenvalue weighted by molar-refractivity contribution is 5.84. The van der Waals surface area contributed by atoms with E-state index in [1.54, 1.807) is 12.1 Å². The summed E-state index contributed by atoms with van der Waals surface area (Å²) in [5.74, 6) is -0.191. The van der Waals surface area contributed by atoms with Gasteiger partial charge < -0.3 is 4.74 Å². The molecule has 0 atom stereocenters. The van der Waals surface area contributed by atoms with Crippen molar-refractivity contribution < 1.29 is 13.9 Å². The zero-order chi connectivity index (χ0) is 14.8. The number of rotatable bonds is 3. The summed E-state index contributed by atoms with van der Waals surface area (Å²) in [6.45, 7) is 0. The van der Waals surface area contributed by atoms with Gasteiger partial charge in [-0.05, 0) is 25.0 Å². The molecule has 110 valence electrons. The molecule has 0 amide bonds. The van der Waals surface area contributed by atoms with Gasteiger partial charge in [0.2, 0.25) is 0 Å². The van der Waals surface area contributed by atoms with Gasteiger partial charge in [0.25, 0.3) is 5.91 Å². The highest BCUT2D eigenvalue weighted by atomic mass is 19.1. The van der Waals surface area contributed by atoms with Gasteiger partial charge in [-0.15, -0.1) is 5.10 Å². The van der Waals surface area contributed by atoms with E-state index >= 15 is 0 Å². The molecule has 6 heteroatoms. The summed E-state index contributed by atoms with van der Waals surface area (Å²) in [4.78, 5) is 16.7. The molecule has 0 spiro atoms. The molecule has 1 aliphatic rings. The van der Waals surface area contributed by atoms with E-state index in [-0.39, 0.29) is 23.7 Å². The molecular weight excluding hydrogens is 273 g/mol. The van der Waals surface area contributed by atoms with Gasteiger partial charge in [-0.3, -0.25) is 4.79 Å². The van der Waals surface area contributed by atoms with Crippen LogP contribution in [0.4, 0.5) is 4.39 Å². The van der Waals surface area contributed by atoms with E-state index in [0.29, 0.717) is 11.4 Å². The maximum absolute atomic E-state index is 13.4. The number of benzene rings is 1. The SMILES string of the molecule is COc1nc(-c2cccc(F)c2)n(C(=O)C2CCCC2)n1. The van der Waals surface area contributed by atoms with Gasteiger partial charge in [-0.2, -0.15) is 9.67 Å². The van der Waals surface area contributed by atoms with Crippen molar-refractivity contribution in [1.29, 1.82) is 0 Å². The largest absolute Gasteiger partial charge is 0.466 e. The minimum atomic E-state index is -0.380. The van der Waals surface area contributed by atoms with Gasteiger partial charge in [0.15, 0.2) is 5.82 Å². The summed E-state index contributed by atoms with van der Waals surface area (Å²) in [7, 11) is 1.44. The van der Waals surface area contributed by atoms with E-state index in [4.69, 9.17) is 4.74 Å². The molecule has 1 aliphatic carbocycles. The van der Waals surface area contributed by atoms with Crippen molar-refractivity contribution in [1.82, 2.24) is 14.8 Å². The number of carbonyl (C=O) groups is 1. The van der Waals surface area contributed by atoms with Crippen molar-refractivity contribution in [3.8, 4) is 17.4 Å². The Bertz CT molecular complexity index is 663. The molecule has 0 N–H and O–H groups in total. The van der Waals surface area contributed by atoms with Crippen LogP contribution in [0.1, 0.15) is 30.5 Å². The Kier molecular flexibility index (Phi) is 3.68. The first-order valence-corrected chi connectivity index (χ1v) is 7.00. The first-order chi connectivity index (χ1) is 10.2. The molecule has 3 rings (SSSR count). The highest BCUT2D eigenvalue weighted by Gasteiger charge is 2.28. The number of nitrogens with zero attached hydrogens (tertiary/aromatic N) is 3. The van der Waals surface area contributed by atoms with Crippen LogP contribution in [-0.2, 0) is 0 Å². The molecule has 0 radical (unpaired) electrons. The third-order valence-corrected chi connectivity index (χ3v) is 3.77. The van der Waals surface area contributed by atoms with Crippen LogP contribution >= 0.6 is 0 Å². The molecule has 2 aromatic rings. The van der Waals surface area contributed by atoms with E-state index < -0.39 is 0 Å². The maximum Gasteiger partial charge on any atom is 0.336 e. The molecule has 0 aliphatic heterocycles. The fraction of sp³-hybridized carbons (Fsp3) is 0.400. The van der Waals surface area contributed by atoms with Crippen molar-refractivity contribution >= 4 is 5.91 Å². The van der Waals surface area contributed by atoms with Gasteiger partial charge >= 0.3 is 6.01 Å². The van der Waals surface area contributed by atoms with Crippen LogP contribution in [0.25, 0.3) is 11.4 Å². The van der Waals surface area contributed by atoms with Crippen LogP contribution in [0.3, 0.4) is 0 Å². The zero-order valence-corrected chi connectivity index (χ0v) is 11.8. The molecular formula is C15H16FN3O2. The molecule has 1 fully saturated rings. The first-order valence-electron chi connectivity index (χ1n) is 7.00. The molecule has 0 saturated heterocycles.